The fourth-order valence-electron chi connectivity index (χ4n) is 2.11. The third kappa shape index (κ3) is 2.24. The van der Waals surface area contributed by atoms with Crippen LogP contribution in [0.1, 0.15) is 28.3 Å². The van der Waals surface area contributed by atoms with Crippen molar-refractivity contribution >= 4 is 0 Å². The molecule has 1 aromatic heterocycles. The van der Waals surface area contributed by atoms with Crippen molar-refractivity contribution in [3.05, 3.63) is 64.5 Å². The molecule has 2 aromatic rings. The summed E-state index contributed by atoms with van der Waals surface area (Å²) in [7, 11) is 0. The van der Waals surface area contributed by atoms with Gasteiger partial charge in [0.15, 0.2) is 0 Å². The highest BCUT2D eigenvalue weighted by Crippen LogP contribution is 2.27. The molecule has 0 radical (unpaired) electrons. The fraction of sp³-hybridized carbons (Fsp3) is 0.214. The molecule has 0 saturated carbocycles. The highest BCUT2D eigenvalue weighted by molar-refractivity contribution is 5.39. The second-order valence-electron chi connectivity index (χ2n) is 4.35. The van der Waals surface area contributed by atoms with Gasteiger partial charge < -0.3 is 5.73 Å². The van der Waals surface area contributed by atoms with E-state index in [1.807, 2.05) is 6.07 Å². The molecule has 0 saturated heterocycles. The van der Waals surface area contributed by atoms with Crippen molar-refractivity contribution in [2.24, 2.45) is 5.73 Å². The molecule has 0 aliphatic carbocycles. The Morgan fingerprint density at radius 3 is 2.50 bits per heavy atom. The summed E-state index contributed by atoms with van der Waals surface area (Å²) in [6, 6.07) is 3.88. The molecule has 0 fully saturated rings. The van der Waals surface area contributed by atoms with Gasteiger partial charge >= 0.3 is 0 Å². The van der Waals surface area contributed by atoms with Crippen molar-refractivity contribution in [2.45, 2.75) is 19.9 Å². The third-order valence-electron chi connectivity index (χ3n) is 2.93. The quantitative estimate of drug-likeness (QED) is 0.887. The Bertz CT molecular complexity index is 559. The van der Waals surface area contributed by atoms with E-state index in [4.69, 9.17) is 5.73 Å². The van der Waals surface area contributed by atoms with Gasteiger partial charge in [0.2, 0.25) is 0 Å². The van der Waals surface area contributed by atoms with Crippen LogP contribution in [0.4, 0.5) is 8.78 Å². The van der Waals surface area contributed by atoms with Gasteiger partial charge in [0.1, 0.15) is 11.6 Å². The van der Waals surface area contributed by atoms with Gasteiger partial charge in [0.25, 0.3) is 0 Å². The molecular formula is C14H14F2N2. The number of nitrogens with two attached hydrogens (primary N) is 1. The Morgan fingerprint density at radius 1 is 1.17 bits per heavy atom. The van der Waals surface area contributed by atoms with Crippen LogP contribution in [-0.4, -0.2) is 4.98 Å². The zero-order valence-electron chi connectivity index (χ0n) is 10.2. The zero-order chi connectivity index (χ0) is 13.3. The van der Waals surface area contributed by atoms with Crippen LogP contribution in [0.2, 0.25) is 0 Å². The zero-order valence-corrected chi connectivity index (χ0v) is 10.2. The van der Waals surface area contributed by atoms with Gasteiger partial charge in [-0.05, 0) is 37.1 Å². The van der Waals surface area contributed by atoms with E-state index in [-0.39, 0.29) is 5.56 Å². The summed E-state index contributed by atoms with van der Waals surface area (Å²) in [6.45, 7) is 3.57. The van der Waals surface area contributed by atoms with Crippen LogP contribution < -0.4 is 5.73 Å². The van der Waals surface area contributed by atoms with Crippen molar-refractivity contribution in [3.8, 4) is 0 Å². The van der Waals surface area contributed by atoms with E-state index in [2.05, 4.69) is 4.98 Å². The van der Waals surface area contributed by atoms with Crippen LogP contribution in [0.3, 0.4) is 0 Å². The SMILES string of the molecule is Cc1cc(C)c(C(N)c2ccncc2F)c(F)c1. The summed E-state index contributed by atoms with van der Waals surface area (Å²) in [4.78, 5) is 3.66. The van der Waals surface area contributed by atoms with Crippen molar-refractivity contribution in [2.75, 3.05) is 0 Å². The largest absolute Gasteiger partial charge is 0.320 e. The minimum Gasteiger partial charge on any atom is -0.320 e. The first kappa shape index (κ1) is 12.6. The van der Waals surface area contributed by atoms with Crippen LogP contribution in [-0.2, 0) is 0 Å². The maximum Gasteiger partial charge on any atom is 0.146 e. The molecule has 1 aromatic carbocycles. The molecule has 1 unspecified atom stereocenters. The Hall–Kier alpha value is -1.81. The summed E-state index contributed by atoms with van der Waals surface area (Å²) in [5, 5.41) is 0. The predicted octanol–water partition coefficient (Wildman–Crippen LogP) is 3.02. The molecule has 1 heterocycles. The number of aromatic nitrogens is 1. The van der Waals surface area contributed by atoms with Crippen LogP contribution in [0.25, 0.3) is 0 Å². The predicted molar refractivity (Wildman–Crippen MR) is 66.1 cm³/mol. The van der Waals surface area contributed by atoms with Gasteiger partial charge in [0.05, 0.1) is 12.2 Å². The molecule has 1 atom stereocenters. The molecule has 94 valence electrons. The number of pyridine rings is 1. The van der Waals surface area contributed by atoms with Crippen LogP contribution >= 0.6 is 0 Å². The van der Waals surface area contributed by atoms with Crippen molar-refractivity contribution in [1.82, 2.24) is 4.98 Å². The van der Waals surface area contributed by atoms with Crippen LogP contribution in [0.15, 0.2) is 30.6 Å². The van der Waals surface area contributed by atoms with Crippen molar-refractivity contribution < 1.29 is 8.78 Å². The first-order valence-electron chi connectivity index (χ1n) is 5.62. The number of benzene rings is 1. The molecule has 18 heavy (non-hydrogen) atoms. The number of hydrogen-bond donors (Lipinski definition) is 1. The van der Waals surface area contributed by atoms with Crippen LogP contribution in [0.5, 0.6) is 0 Å². The maximum atomic E-state index is 14.0. The Morgan fingerprint density at radius 2 is 1.89 bits per heavy atom. The van der Waals surface area contributed by atoms with E-state index in [0.717, 1.165) is 17.3 Å². The Kier molecular flexibility index (Phi) is 3.39. The summed E-state index contributed by atoms with van der Waals surface area (Å²) in [5.74, 6) is -0.930. The van der Waals surface area contributed by atoms with E-state index in [1.165, 1.54) is 18.3 Å². The smallest absolute Gasteiger partial charge is 0.146 e. The first-order valence-corrected chi connectivity index (χ1v) is 5.62. The lowest BCUT2D eigenvalue weighted by molar-refractivity contribution is 0.570. The summed E-state index contributed by atoms with van der Waals surface area (Å²) >= 11 is 0. The van der Waals surface area contributed by atoms with Gasteiger partial charge in [0, 0.05) is 17.3 Å². The highest BCUT2D eigenvalue weighted by Gasteiger charge is 2.19. The van der Waals surface area contributed by atoms with E-state index in [0.29, 0.717) is 5.56 Å². The topological polar surface area (TPSA) is 38.9 Å². The molecular weight excluding hydrogens is 234 g/mol. The van der Waals surface area contributed by atoms with E-state index in [9.17, 15) is 8.78 Å². The maximum absolute atomic E-state index is 14.0. The van der Waals surface area contributed by atoms with Crippen LogP contribution in [0, 0.1) is 25.5 Å². The lowest BCUT2D eigenvalue weighted by Crippen LogP contribution is -2.17. The molecule has 0 bridgehead atoms. The average molecular weight is 248 g/mol. The summed E-state index contributed by atoms with van der Waals surface area (Å²) < 4.78 is 27.6. The average Bonchev–Trinajstić information content (AvgIpc) is 2.27. The van der Waals surface area contributed by atoms with Crippen molar-refractivity contribution in [3.63, 3.8) is 0 Å². The Labute approximate surface area is 104 Å². The van der Waals surface area contributed by atoms with Gasteiger partial charge in [-0.3, -0.25) is 4.98 Å². The molecule has 4 heteroatoms. The second kappa shape index (κ2) is 4.82. The standard InChI is InChI=1S/C14H14F2N2/c1-8-5-9(2)13(11(15)6-8)14(17)10-3-4-18-7-12(10)16/h3-7,14H,17H2,1-2H3. The highest BCUT2D eigenvalue weighted by atomic mass is 19.1. The fourth-order valence-corrected chi connectivity index (χ4v) is 2.11. The van der Waals surface area contributed by atoms with E-state index in [1.54, 1.807) is 13.8 Å². The number of hydrogen-bond acceptors (Lipinski definition) is 2. The third-order valence-corrected chi connectivity index (χ3v) is 2.93. The van der Waals surface area contributed by atoms with E-state index >= 15 is 0 Å². The molecule has 2 nitrogen and oxygen atoms in total. The van der Waals surface area contributed by atoms with Gasteiger partial charge in [-0.1, -0.05) is 6.07 Å². The number of nitrogens with zero attached hydrogens (tertiary/aromatic N) is 1. The monoisotopic (exact) mass is 248 g/mol. The summed E-state index contributed by atoms with van der Waals surface area (Å²) in [5.41, 5.74) is 8.07. The minimum absolute atomic E-state index is 0.246. The lowest BCUT2D eigenvalue weighted by Gasteiger charge is -2.17. The second-order valence-corrected chi connectivity index (χ2v) is 4.35. The van der Waals surface area contributed by atoms with Gasteiger partial charge in [-0.15, -0.1) is 0 Å². The molecule has 0 spiro atoms. The lowest BCUT2D eigenvalue weighted by atomic mass is 9.94. The number of halogens is 2. The molecule has 0 aliphatic heterocycles. The molecule has 0 aliphatic rings. The Balaban J connectivity index is 2.53. The molecule has 0 amide bonds. The van der Waals surface area contributed by atoms with Crippen molar-refractivity contribution in [1.29, 1.82) is 0 Å². The van der Waals surface area contributed by atoms with Gasteiger partial charge in [-0.25, -0.2) is 8.78 Å². The molecule has 2 rings (SSSR count). The summed E-state index contributed by atoms with van der Waals surface area (Å²) in [6.07, 6.45) is 2.52. The normalized spacial score (nSPS) is 12.5. The first-order chi connectivity index (χ1) is 8.50. The number of aryl methyl sites for hydroxylation is 2. The minimum atomic E-state index is -0.825. The van der Waals surface area contributed by atoms with Gasteiger partial charge in [-0.2, -0.15) is 0 Å². The van der Waals surface area contributed by atoms with E-state index < -0.39 is 17.7 Å². The number of rotatable bonds is 2. The molecule has 2 N–H and O–H groups in total.